The third-order valence-electron chi connectivity index (χ3n) is 3.49. The van der Waals surface area contributed by atoms with E-state index in [0.29, 0.717) is 16.1 Å². The zero-order valence-electron chi connectivity index (χ0n) is 14.5. The first-order valence-corrected chi connectivity index (χ1v) is 9.76. The Bertz CT molecular complexity index is 912. The number of hydrogen-bond donors (Lipinski definition) is 1. The lowest BCUT2D eigenvalue weighted by Gasteiger charge is -2.08. The first-order valence-electron chi connectivity index (χ1n) is 7.90. The molecule has 0 saturated carbocycles. The Morgan fingerprint density at radius 3 is 2.48 bits per heavy atom. The number of carbonyl (C=O) groups is 2. The minimum atomic E-state index is -3.73. The molecule has 27 heavy (non-hydrogen) atoms. The highest BCUT2D eigenvalue weighted by atomic mass is 35.5. The smallest absolute Gasteiger partial charge is 0.337 e. The van der Waals surface area contributed by atoms with Crippen LogP contribution in [0.15, 0.2) is 53.4 Å². The summed E-state index contributed by atoms with van der Waals surface area (Å²) >= 11 is 5.73. The minimum Gasteiger partial charge on any atom is -0.465 e. The van der Waals surface area contributed by atoms with E-state index < -0.39 is 22.0 Å². The molecule has 144 valence electrons. The van der Waals surface area contributed by atoms with Crippen LogP contribution in [0.2, 0.25) is 5.02 Å². The molecule has 9 heteroatoms. The van der Waals surface area contributed by atoms with Gasteiger partial charge in [-0.05, 0) is 42.0 Å². The quantitative estimate of drug-likeness (QED) is 0.670. The van der Waals surface area contributed by atoms with E-state index in [-0.39, 0.29) is 24.5 Å². The van der Waals surface area contributed by atoms with Gasteiger partial charge in [0.1, 0.15) is 6.61 Å². The van der Waals surface area contributed by atoms with Crippen molar-refractivity contribution in [3.63, 3.8) is 0 Å². The molecule has 0 bridgehead atoms. The molecular weight excluding hydrogens is 394 g/mol. The summed E-state index contributed by atoms with van der Waals surface area (Å²) in [7, 11) is -2.45. The topological polar surface area (TPSA) is 98.8 Å². The normalized spacial score (nSPS) is 11.0. The van der Waals surface area contributed by atoms with Crippen molar-refractivity contribution in [3.8, 4) is 0 Å². The van der Waals surface area contributed by atoms with E-state index in [1.807, 2.05) is 0 Å². The summed E-state index contributed by atoms with van der Waals surface area (Å²) < 4.78 is 36.2. The Morgan fingerprint density at radius 1 is 1.11 bits per heavy atom. The van der Waals surface area contributed by atoms with Gasteiger partial charge in [0.25, 0.3) is 0 Å². The van der Waals surface area contributed by atoms with Crippen molar-refractivity contribution >= 4 is 33.6 Å². The Balaban J connectivity index is 1.81. The summed E-state index contributed by atoms with van der Waals surface area (Å²) in [5.74, 6) is -1.06. The van der Waals surface area contributed by atoms with Gasteiger partial charge < -0.3 is 9.47 Å². The van der Waals surface area contributed by atoms with E-state index in [4.69, 9.17) is 16.3 Å². The molecule has 0 spiro atoms. The van der Waals surface area contributed by atoms with Gasteiger partial charge in [0.2, 0.25) is 10.0 Å². The molecule has 0 saturated heterocycles. The van der Waals surface area contributed by atoms with Gasteiger partial charge in [0.05, 0.1) is 24.0 Å². The molecule has 2 aromatic rings. The molecule has 0 atom stereocenters. The molecule has 0 aliphatic rings. The summed E-state index contributed by atoms with van der Waals surface area (Å²) in [5.41, 5.74) is 0.967. The highest BCUT2D eigenvalue weighted by molar-refractivity contribution is 7.89. The average molecular weight is 412 g/mol. The lowest BCUT2D eigenvalue weighted by molar-refractivity contribution is -0.144. The van der Waals surface area contributed by atoms with Crippen LogP contribution in [0, 0.1) is 0 Å². The number of sulfonamides is 1. The standard InChI is InChI=1S/C18H18ClNO6S/c1-25-18(22)14-4-2-3-13(11-14)12-26-17(21)9-10-20-27(23,24)16-7-5-15(19)6-8-16/h2-8,11,20H,9-10,12H2,1H3. The van der Waals surface area contributed by atoms with Crippen LogP contribution in [0.3, 0.4) is 0 Å². The van der Waals surface area contributed by atoms with Crippen LogP contribution >= 0.6 is 11.6 Å². The van der Waals surface area contributed by atoms with Gasteiger partial charge >= 0.3 is 11.9 Å². The molecule has 0 radical (unpaired) electrons. The maximum Gasteiger partial charge on any atom is 0.337 e. The summed E-state index contributed by atoms with van der Waals surface area (Å²) in [6.45, 7) is -0.139. The van der Waals surface area contributed by atoms with Gasteiger partial charge in [0.15, 0.2) is 0 Å². The molecule has 1 N–H and O–H groups in total. The second-order valence-electron chi connectivity index (χ2n) is 5.45. The molecule has 0 aliphatic heterocycles. The van der Waals surface area contributed by atoms with Crippen LogP contribution in [0.4, 0.5) is 0 Å². The fourth-order valence-corrected chi connectivity index (χ4v) is 3.28. The van der Waals surface area contributed by atoms with E-state index in [2.05, 4.69) is 9.46 Å². The zero-order chi connectivity index (χ0) is 19.9. The van der Waals surface area contributed by atoms with Gasteiger partial charge in [0, 0.05) is 11.6 Å². The number of ether oxygens (including phenoxy) is 2. The van der Waals surface area contributed by atoms with Crippen LogP contribution < -0.4 is 4.72 Å². The SMILES string of the molecule is COC(=O)c1cccc(COC(=O)CCNS(=O)(=O)c2ccc(Cl)cc2)c1. The molecule has 0 aromatic heterocycles. The van der Waals surface area contributed by atoms with Gasteiger partial charge in [-0.3, -0.25) is 4.79 Å². The van der Waals surface area contributed by atoms with Gasteiger partial charge in [-0.2, -0.15) is 0 Å². The molecule has 0 amide bonds. The third-order valence-corrected chi connectivity index (χ3v) is 5.22. The molecular formula is C18H18ClNO6S. The highest BCUT2D eigenvalue weighted by Gasteiger charge is 2.14. The summed E-state index contributed by atoms with van der Waals surface area (Å²) in [6, 6.07) is 12.2. The Kier molecular flexibility index (Phi) is 7.35. The van der Waals surface area contributed by atoms with E-state index in [9.17, 15) is 18.0 Å². The third kappa shape index (κ3) is 6.35. The Labute approximate surface area is 162 Å². The molecule has 0 heterocycles. The monoisotopic (exact) mass is 411 g/mol. The number of esters is 2. The first kappa shape index (κ1) is 20.9. The second kappa shape index (κ2) is 9.50. The molecule has 2 aromatic carbocycles. The van der Waals surface area contributed by atoms with Crippen LogP contribution in [-0.2, 0) is 30.9 Å². The van der Waals surface area contributed by atoms with E-state index in [1.165, 1.54) is 31.4 Å². The first-order chi connectivity index (χ1) is 12.8. The van der Waals surface area contributed by atoms with Crippen molar-refractivity contribution in [3.05, 3.63) is 64.7 Å². The van der Waals surface area contributed by atoms with Crippen LogP contribution in [-0.4, -0.2) is 34.0 Å². The van der Waals surface area contributed by atoms with Crippen molar-refractivity contribution in [1.82, 2.24) is 4.72 Å². The van der Waals surface area contributed by atoms with Gasteiger partial charge in [-0.1, -0.05) is 23.7 Å². The predicted octanol–water partition coefficient (Wildman–Crippen LogP) is 2.54. The molecule has 7 nitrogen and oxygen atoms in total. The fourth-order valence-electron chi connectivity index (χ4n) is 2.13. The lowest BCUT2D eigenvalue weighted by atomic mass is 10.1. The van der Waals surface area contributed by atoms with Gasteiger partial charge in [-0.25, -0.2) is 17.9 Å². The number of nitrogens with one attached hydrogen (secondary N) is 1. The van der Waals surface area contributed by atoms with Crippen molar-refractivity contribution < 1.29 is 27.5 Å². The maximum atomic E-state index is 12.1. The number of rotatable bonds is 8. The zero-order valence-corrected chi connectivity index (χ0v) is 16.0. The summed E-state index contributed by atoms with van der Waals surface area (Å²) in [5, 5.41) is 0.425. The molecule has 0 aliphatic carbocycles. The molecule has 2 rings (SSSR count). The second-order valence-corrected chi connectivity index (χ2v) is 7.66. The van der Waals surface area contributed by atoms with E-state index in [0.717, 1.165) is 0 Å². The van der Waals surface area contributed by atoms with Crippen molar-refractivity contribution in [1.29, 1.82) is 0 Å². The van der Waals surface area contributed by atoms with Crippen LogP contribution in [0.5, 0.6) is 0 Å². The van der Waals surface area contributed by atoms with Crippen molar-refractivity contribution in [2.24, 2.45) is 0 Å². The lowest BCUT2D eigenvalue weighted by Crippen LogP contribution is -2.26. The van der Waals surface area contributed by atoms with Crippen LogP contribution in [0.1, 0.15) is 22.3 Å². The number of benzene rings is 2. The number of halogens is 1. The van der Waals surface area contributed by atoms with Crippen molar-refractivity contribution in [2.75, 3.05) is 13.7 Å². The average Bonchev–Trinajstić information content (AvgIpc) is 2.66. The number of methoxy groups -OCH3 is 1. The van der Waals surface area contributed by atoms with Gasteiger partial charge in [-0.15, -0.1) is 0 Å². The predicted molar refractivity (Wildman–Crippen MR) is 98.8 cm³/mol. The number of hydrogen-bond acceptors (Lipinski definition) is 6. The van der Waals surface area contributed by atoms with Crippen molar-refractivity contribution in [2.45, 2.75) is 17.9 Å². The maximum absolute atomic E-state index is 12.1. The Hall–Kier alpha value is -2.42. The summed E-state index contributed by atoms with van der Waals surface area (Å²) in [4.78, 5) is 23.3. The molecule has 0 fully saturated rings. The molecule has 0 unspecified atom stereocenters. The van der Waals surface area contributed by atoms with Crippen LogP contribution in [0.25, 0.3) is 0 Å². The Morgan fingerprint density at radius 2 is 1.81 bits per heavy atom. The highest BCUT2D eigenvalue weighted by Crippen LogP contribution is 2.14. The van der Waals surface area contributed by atoms with E-state index >= 15 is 0 Å². The van der Waals surface area contributed by atoms with E-state index in [1.54, 1.807) is 24.3 Å². The number of carbonyl (C=O) groups excluding carboxylic acids is 2. The fraction of sp³-hybridized carbons (Fsp3) is 0.222. The summed E-state index contributed by atoms with van der Waals surface area (Å²) in [6.07, 6.45) is -0.135. The largest absolute Gasteiger partial charge is 0.465 e. The minimum absolute atomic E-state index is 0.0341.